The second kappa shape index (κ2) is 4.67. The zero-order valence-electron chi connectivity index (χ0n) is 10.8. The maximum Gasteiger partial charge on any atom is 0.222 e. The highest BCUT2D eigenvalue weighted by Crippen LogP contribution is 2.23. The third kappa shape index (κ3) is 1.79. The molecule has 5 heteroatoms. The number of hydrogen-bond donors (Lipinski definition) is 0. The minimum absolute atomic E-state index is 0.170. The summed E-state index contributed by atoms with van der Waals surface area (Å²) in [6.07, 6.45) is 1.41. The van der Waals surface area contributed by atoms with Gasteiger partial charge in [0.05, 0.1) is 23.4 Å². The lowest BCUT2D eigenvalue weighted by atomic mass is 10.0. The molecule has 0 aliphatic carbocycles. The Morgan fingerprint density at radius 2 is 2.15 bits per heavy atom. The van der Waals surface area contributed by atoms with Gasteiger partial charge in [0, 0.05) is 7.05 Å². The van der Waals surface area contributed by atoms with Crippen molar-refractivity contribution in [3.05, 3.63) is 54.2 Å². The maximum absolute atomic E-state index is 12.3. The summed E-state index contributed by atoms with van der Waals surface area (Å²) in [5, 5.41) is 9.33. The lowest BCUT2D eigenvalue weighted by molar-refractivity contribution is 0.0948. The number of ketones is 1. The van der Waals surface area contributed by atoms with Gasteiger partial charge < -0.3 is 8.98 Å². The van der Waals surface area contributed by atoms with Crippen molar-refractivity contribution in [3.63, 3.8) is 0 Å². The van der Waals surface area contributed by atoms with Crippen LogP contribution in [0.3, 0.4) is 0 Å². The molecule has 0 amide bonds. The number of nitriles is 1. The lowest BCUT2D eigenvalue weighted by Crippen LogP contribution is -2.15. The van der Waals surface area contributed by atoms with Crippen molar-refractivity contribution in [1.29, 1.82) is 5.26 Å². The molecule has 2 aromatic heterocycles. The fraction of sp³-hybridized carbons (Fsp3) is 0.133. The van der Waals surface area contributed by atoms with Crippen LogP contribution in [-0.4, -0.2) is 15.3 Å². The van der Waals surface area contributed by atoms with E-state index in [1.165, 1.54) is 6.26 Å². The Morgan fingerprint density at radius 3 is 2.80 bits per heavy atom. The summed E-state index contributed by atoms with van der Waals surface area (Å²) in [4.78, 5) is 16.7. The first-order valence-electron chi connectivity index (χ1n) is 6.11. The smallest absolute Gasteiger partial charge is 0.222 e. The van der Waals surface area contributed by atoms with Gasteiger partial charge >= 0.3 is 0 Å². The second-order valence-electron chi connectivity index (χ2n) is 4.42. The molecule has 0 unspecified atom stereocenters. The summed E-state index contributed by atoms with van der Waals surface area (Å²) in [7, 11) is 1.80. The van der Waals surface area contributed by atoms with E-state index in [1.54, 1.807) is 23.7 Å². The molecule has 5 nitrogen and oxygen atoms in total. The Bertz CT molecular complexity index is 809. The number of furan rings is 1. The van der Waals surface area contributed by atoms with Crippen LogP contribution in [0.15, 0.2) is 47.1 Å². The number of carbonyl (C=O) groups excluding carboxylic acids is 1. The Morgan fingerprint density at radius 1 is 1.35 bits per heavy atom. The van der Waals surface area contributed by atoms with Crippen LogP contribution in [-0.2, 0) is 7.05 Å². The predicted octanol–water partition coefficient (Wildman–Crippen LogP) is 2.66. The summed E-state index contributed by atoms with van der Waals surface area (Å²) >= 11 is 0. The van der Waals surface area contributed by atoms with Crippen molar-refractivity contribution in [2.75, 3.05) is 0 Å². The summed E-state index contributed by atoms with van der Waals surface area (Å²) < 4.78 is 6.84. The molecule has 0 spiro atoms. The molecule has 0 bridgehead atoms. The van der Waals surface area contributed by atoms with Gasteiger partial charge in [0.2, 0.25) is 5.78 Å². The summed E-state index contributed by atoms with van der Waals surface area (Å²) in [5.41, 5.74) is 1.65. The largest absolute Gasteiger partial charge is 0.461 e. The van der Waals surface area contributed by atoms with Crippen molar-refractivity contribution in [2.24, 2.45) is 7.05 Å². The van der Waals surface area contributed by atoms with Crippen LogP contribution in [0.1, 0.15) is 22.3 Å². The topological polar surface area (TPSA) is 71.8 Å². The molecule has 0 saturated carbocycles. The average molecular weight is 265 g/mol. The molecule has 0 radical (unpaired) electrons. The number of rotatable bonds is 3. The molecule has 0 aliphatic rings. The third-order valence-corrected chi connectivity index (χ3v) is 3.24. The van der Waals surface area contributed by atoms with Gasteiger partial charge in [-0.05, 0) is 24.3 Å². The number of imidazole rings is 1. The van der Waals surface area contributed by atoms with E-state index < -0.39 is 5.92 Å². The molecular weight excluding hydrogens is 254 g/mol. The summed E-state index contributed by atoms with van der Waals surface area (Å²) in [5.74, 6) is -0.756. The number of carbonyl (C=O) groups is 1. The van der Waals surface area contributed by atoms with E-state index in [0.29, 0.717) is 5.82 Å². The molecule has 1 aromatic carbocycles. The van der Waals surface area contributed by atoms with Crippen molar-refractivity contribution in [3.8, 4) is 6.07 Å². The monoisotopic (exact) mass is 265 g/mol. The van der Waals surface area contributed by atoms with Gasteiger partial charge in [-0.15, -0.1) is 0 Å². The number of benzene rings is 1. The van der Waals surface area contributed by atoms with Gasteiger partial charge in [0.1, 0.15) is 5.82 Å². The van der Waals surface area contributed by atoms with Crippen LogP contribution >= 0.6 is 0 Å². The van der Waals surface area contributed by atoms with Crippen molar-refractivity contribution in [1.82, 2.24) is 9.55 Å². The molecule has 0 N–H and O–H groups in total. The second-order valence-corrected chi connectivity index (χ2v) is 4.42. The van der Waals surface area contributed by atoms with Crippen molar-refractivity contribution < 1.29 is 9.21 Å². The quantitative estimate of drug-likeness (QED) is 0.682. The number of para-hydroxylation sites is 2. The van der Waals surface area contributed by atoms with E-state index in [2.05, 4.69) is 4.98 Å². The molecular formula is C15H11N3O2. The molecule has 1 atom stereocenters. The van der Waals surface area contributed by atoms with Gasteiger partial charge in [-0.3, -0.25) is 4.79 Å². The molecule has 0 fully saturated rings. The van der Waals surface area contributed by atoms with E-state index in [-0.39, 0.29) is 11.5 Å². The molecule has 2 heterocycles. The highest BCUT2D eigenvalue weighted by atomic mass is 16.3. The first-order chi connectivity index (χ1) is 9.72. The number of hydrogen-bond acceptors (Lipinski definition) is 4. The van der Waals surface area contributed by atoms with E-state index in [4.69, 9.17) is 4.42 Å². The first kappa shape index (κ1) is 12.2. The van der Waals surface area contributed by atoms with Crippen LogP contribution in [0.2, 0.25) is 0 Å². The van der Waals surface area contributed by atoms with Gasteiger partial charge in [0.25, 0.3) is 0 Å². The van der Waals surface area contributed by atoms with Crippen LogP contribution in [0.5, 0.6) is 0 Å². The normalized spacial score (nSPS) is 12.2. The minimum atomic E-state index is -0.974. The molecule has 0 saturated heterocycles. The van der Waals surface area contributed by atoms with E-state index >= 15 is 0 Å². The number of fused-ring (bicyclic) bond motifs is 1. The maximum atomic E-state index is 12.3. The molecule has 0 aliphatic heterocycles. The number of aryl methyl sites for hydroxylation is 1. The Labute approximate surface area is 115 Å². The zero-order valence-corrected chi connectivity index (χ0v) is 10.8. The summed E-state index contributed by atoms with van der Waals surface area (Å²) in [6.45, 7) is 0. The number of Topliss-reactive ketones (excluding diaryl/α,β-unsaturated/α-hetero) is 1. The highest BCUT2D eigenvalue weighted by molar-refractivity contribution is 6.00. The lowest BCUT2D eigenvalue weighted by Gasteiger charge is -2.06. The predicted molar refractivity (Wildman–Crippen MR) is 72.1 cm³/mol. The Balaban J connectivity index is 2.11. The van der Waals surface area contributed by atoms with Crippen LogP contribution in [0, 0.1) is 11.3 Å². The average Bonchev–Trinajstić information content (AvgIpc) is 3.09. The summed E-state index contributed by atoms with van der Waals surface area (Å²) in [6, 6.07) is 12.7. The zero-order chi connectivity index (χ0) is 14.1. The third-order valence-electron chi connectivity index (χ3n) is 3.24. The molecule has 20 heavy (non-hydrogen) atoms. The van der Waals surface area contributed by atoms with Crippen LogP contribution in [0.25, 0.3) is 11.0 Å². The number of nitrogens with zero attached hydrogens (tertiary/aromatic N) is 3. The van der Waals surface area contributed by atoms with Crippen LogP contribution < -0.4 is 0 Å². The fourth-order valence-corrected chi connectivity index (χ4v) is 2.22. The molecule has 3 aromatic rings. The van der Waals surface area contributed by atoms with E-state index in [0.717, 1.165) is 11.0 Å². The molecule has 3 rings (SSSR count). The van der Waals surface area contributed by atoms with Gasteiger partial charge in [-0.1, -0.05) is 12.1 Å². The Hall–Kier alpha value is -2.87. The van der Waals surface area contributed by atoms with E-state index in [9.17, 15) is 10.1 Å². The first-order valence-corrected chi connectivity index (χ1v) is 6.11. The number of aromatic nitrogens is 2. The minimum Gasteiger partial charge on any atom is -0.461 e. The standard InChI is InChI=1S/C15H11N3O2/c1-18-12-6-3-2-5-11(12)17-15(18)10(9-16)14(19)13-7-4-8-20-13/h2-8,10H,1H3/t10-/m0/s1. The molecule has 98 valence electrons. The van der Waals surface area contributed by atoms with Crippen molar-refractivity contribution >= 4 is 16.8 Å². The van der Waals surface area contributed by atoms with Gasteiger partial charge in [0.15, 0.2) is 11.7 Å². The van der Waals surface area contributed by atoms with Crippen LogP contribution in [0.4, 0.5) is 0 Å². The van der Waals surface area contributed by atoms with Gasteiger partial charge in [-0.25, -0.2) is 4.98 Å². The fourth-order valence-electron chi connectivity index (χ4n) is 2.22. The van der Waals surface area contributed by atoms with Gasteiger partial charge in [-0.2, -0.15) is 5.26 Å². The Kier molecular flexibility index (Phi) is 2.84. The highest BCUT2D eigenvalue weighted by Gasteiger charge is 2.28. The van der Waals surface area contributed by atoms with E-state index in [1.807, 2.05) is 30.3 Å². The van der Waals surface area contributed by atoms with Crippen molar-refractivity contribution in [2.45, 2.75) is 5.92 Å². The SMILES string of the molecule is Cn1c([C@@H](C#N)C(=O)c2ccco2)nc2ccccc21.